The molecule has 0 radical (unpaired) electrons. The fraction of sp³-hybridized carbons (Fsp3) is 0.357. The van der Waals surface area contributed by atoms with E-state index in [1.807, 2.05) is 24.6 Å². The molecule has 5 heteroatoms. The molecule has 0 aliphatic heterocycles. The largest absolute Gasteiger partial charge is 0.322 e. The molecule has 0 saturated heterocycles. The molecule has 102 valence electrons. The van der Waals surface area contributed by atoms with Crippen molar-refractivity contribution in [2.75, 3.05) is 0 Å². The topological polar surface area (TPSA) is 43.8 Å². The van der Waals surface area contributed by atoms with Crippen molar-refractivity contribution < 1.29 is 4.39 Å². The van der Waals surface area contributed by atoms with Gasteiger partial charge in [-0.2, -0.15) is 5.10 Å². The highest BCUT2D eigenvalue weighted by Crippen LogP contribution is 2.25. The molecule has 19 heavy (non-hydrogen) atoms. The quantitative estimate of drug-likeness (QED) is 0.935. The predicted molar refractivity (Wildman–Crippen MR) is 74.7 cm³/mol. The van der Waals surface area contributed by atoms with E-state index in [-0.39, 0.29) is 11.9 Å². The Hall–Kier alpha value is -1.39. The second kappa shape index (κ2) is 5.72. The van der Waals surface area contributed by atoms with E-state index >= 15 is 0 Å². The molecule has 0 bridgehead atoms. The normalized spacial score (nSPS) is 12.7. The molecule has 2 aromatic rings. The highest BCUT2D eigenvalue weighted by atomic mass is 35.5. The minimum absolute atomic E-state index is 0.317. The minimum atomic E-state index is -0.324. The van der Waals surface area contributed by atoms with Crippen LogP contribution < -0.4 is 5.73 Å². The Morgan fingerprint density at radius 2 is 2.21 bits per heavy atom. The summed E-state index contributed by atoms with van der Waals surface area (Å²) < 4.78 is 15.6. The zero-order valence-corrected chi connectivity index (χ0v) is 11.8. The summed E-state index contributed by atoms with van der Waals surface area (Å²) in [4.78, 5) is 0. The highest BCUT2D eigenvalue weighted by Gasteiger charge is 2.17. The summed E-state index contributed by atoms with van der Waals surface area (Å²) in [5, 5.41) is 4.76. The third kappa shape index (κ3) is 2.96. The molecule has 1 aromatic heterocycles. The summed E-state index contributed by atoms with van der Waals surface area (Å²) in [7, 11) is 0. The lowest BCUT2D eigenvalue weighted by Gasteiger charge is -2.14. The summed E-state index contributed by atoms with van der Waals surface area (Å²) >= 11 is 6.02. The zero-order valence-electron chi connectivity index (χ0n) is 11.0. The van der Waals surface area contributed by atoms with Crippen molar-refractivity contribution in [3.63, 3.8) is 0 Å². The molecule has 0 fully saturated rings. The number of nitrogens with zero attached hydrogens (tertiary/aromatic N) is 2. The number of hydrogen-bond donors (Lipinski definition) is 1. The second-order valence-electron chi connectivity index (χ2n) is 4.54. The van der Waals surface area contributed by atoms with E-state index in [4.69, 9.17) is 17.3 Å². The molecule has 2 N–H and O–H groups in total. The van der Waals surface area contributed by atoms with Gasteiger partial charge in [-0.15, -0.1) is 0 Å². The molecule has 0 aliphatic carbocycles. The van der Waals surface area contributed by atoms with Gasteiger partial charge in [-0.25, -0.2) is 4.39 Å². The van der Waals surface area contributed by atoms with E-state index < -0.39 is 0 Å². The molecule has 1 atom stereocenters. The molecule has 0 saturated carbocycles. The van der Waals surface area contributed by atoms with Crippen molar-refractivity contribution in [2.45, 2.75) is 32.9 Å². The van der Waals surface area contributed by atoms with Gasteiger partial charge in [0.05, 0.1) is 17.4 Å². The number of benzene rings is 1. The number of halogens is 2. The van der Waals surface area contributed by atoms with Gasteiger partial charge in [-0.1, -0.05) is 17.7 Å². The molecule has 0 amide bonds. The van der Waals surface area contributed by atoms with Crippen molar-refractivity contribution in [1.82, 2.24) is 9.78 Å². The molecule has 1 heterocycles. The standard InChI is InChI=1S/C14H17ClFN3/c1-3-19-14(7-9(2)18-19)13(17)8-10-11(15)5-4-6-12(10)16/h4-7,13H,3,8,17H2,1-2H3. The van der Waals surface area contributed by atoms with Gasteiger partial charge in [-0.05, 0) is 38.5 Å². The van der Waals surface area contributed by atoms with Crippen LogP contribution in [0.3, 0.4) is 0 Å². The molecule has 0 spiro atoms. The Balaban J connectivity index is 2.28. The highest BCUT2D eigenvalue weighted by molar-refractivity contribution is 6.31. The van der Waals surface area contributed by atoms with Crippen LogP contribution in [0.4, 0.5) is 4.39 Å². The summed E-state index contributed by atoms with van der Waals surface area (Å²) in [6.45, 7) is 4.65. The number of nitrogens with two attached hydrogens (primary N) is 1. The number of aromatic nitrogens is 2. The Kier molecular flexibility index (Phi) is 4.22. The van der Waals surface area contributed by atoms with E-state index in [1.165, 1.54) is 6.07 Å². The summed E-state index contributed by atoms with van der Waals surface area (Å²) in [5.41, 5.74) is 8.44. The SMILES string of the molecule is CCn1nc(C)cc1C(N)Cc1c(F)cccc1Cl. The van der Waals surface area contributed by atoms with Gasteiger partial charge in [0, 0.05) is 17.1 Å². The third-order valence-corrected chi connectivity index (χ3v) is 3.45. The Labute approximate surface area is 117 Å². The molecular weight excluding hydrogens is 265 g/mol. The minimum Gasteiger partial charge on any atom is -0.322 e. The Morgan fingerprint density at radius 1 is 1.47 bits per heavy atom. The molecule has 1 aromatic carbocycles. The second-order valence-corrected chi connectivity index (χ2v) is 4.94. The number of hydrogen-bond acceptors (Lipinski definition) is 2. The van der Waals surface area contributed by atoms with Gasteiger partial charge in [-0.3, -0.25) is 4.68 Å². The average molecular weight is 282 g/mol. The maximum atomic E-state index is 13.8. The maximum absolute atomic E-state index is 13.8. The molecular formula is C14H17ClFN3. The summed E-state index contributed by atoms with van der Waals surface area (Å²) in [6.07, 6.45) is 0.358. The van der Waals surface area contributed by atoms with Gasteiger partial charge < -0.3 is 5.73 Å². The van der Waals surface area contributed by atoms with Gasteiger partial charge in [0.2, 0.25) is 0 Å². The maximum Gasteiger partial charge on any atom is 0.127 e. The average Bonchev–Trinajstić information content (AvgIpc) is 2.75. The van der Waals surface area contributed by atoms with Gasteiger partial charge in [0.25, 0.3) is 0 Å². The van der Waals surface area contributed by atoms with E-state index in [2.05, 4.69) is 5.10 Å². The van der Waals surface area contributed by atoms with Gasteiger partial charge in [0.15, 0.2) is 0 Å². The first-order valence-electron chi connectivity index (χ1n) is 6.25. The van der Waals surface area contributed by atoms with Crippen LogP contribution in [-0.4, -0.2) is 9.78 Å². The van der Waals surface area contributed by atoms with E-state index in [9.17, 15) is 4.39 Å². The molecule has 0 aliphatic rings. The van der Waals surface area contributed by atoms with E-state index in [1.54, 1.807) is 12.1 Å². The van der Waals surface area contributed by atoms with E-state index in [0.29, 0.717) is 17.0 Å². The summed E-state index contributed by atoms with van der Waals surface area (Å²) in [6, 6.07) is 6.28. The van der Waals surface area contributed by atoms with Crippen LogP contribution in [0.25, 0.3) is 0 Å². The smallest absolute Gasteiger partial charge is 0.127 e. The van der Waals surface area contributed by atoms with Crippen LogP contribution in [0.15, 0.2) is 24.3 Å². The monoisotopic (exact) mass is 281 g/mol. The lowest BCUT2D eigenvalue weighted by molar-refractivity contribution is 0.550. The molecule has 1 unspecified atom stereocenters. The Morgan fingerprint density at radius 3 is 2.84 bits per heavy atom. The fourth-order valence-corrected chi connectivity index (χ4v) is 2.41. The van der Waals surface area contributed by atoms with Crippen molar-refractivity contribution in [3.8, 4) is 0 Å². The first-order chi connectivity index (χ1) is 9.02. The number of aryl methyl sites for hydroxylation is 2. The zero-order chi connectivity index (χ0) is 14.0. The van der Waals surface area contributed by atoms with Crippen LogP contribution in [-0.2, 0) is 13.0 Å². The summed E-state index contributed by atoms with van der Waals surface area (Å²) in [5.74, 6) is -0.317. The van der Waals surface area contributed by atoms with Crippen molar-refractivity contribution in [3.05, 3.63) is 52.1 Å². The van der Waals surface area contributed by atoms with Crippen LogP contribution >= 0.6 is 11.6 Å². The fourth-order valence-electron chi connectivity index (χ4n) is 2.17. The lowest BCUT2D eigenvalue weighted by atomic mass is 10.0. The first-order valence-corrected chi connectivity index (χ1v) is 6.63. The van der Waals surface area contributed by atoms with Crippen molar-refractivity contribution in [2.24, 2.45) is 5.73 Å². The molecule has 3 nitrogen and oxygen atoms in total. The van der Waals surface area contributed by atoms with Crippen LogP contribution in [0, 0.1) is 12.7 Å². The molecule has 2 rings (SSSR count). The van der Waals surface area contributed by atoms with Gasteiger partial charge in [0.1, 0.15) is 5.82 Å². The predicted octanol–water partition coefficient (Wildman–Crippen LogP) is 3.25. The lowest BCUT2D eigenvalue weighted by Crippen LogP contribution is -2.19. The third-order valence-electron chi connectivity index (χ3n) is 3.10. The van der Waals surface area contributed by atoms with Crippen molar-refractivity contribution >= 4 is 11.6 Å². The van der Waals surface area contributed by atoms with E-state index in [0.717, 1.165) is 17.9 Å². The Bertz CT molecular complexity index is 560. The van der Waals surface area contributed by atoms with Gasteiger partial charge >= 0.3 is 0 Å². The van der Waals surface area contributed by atoms with Crippen LogP contribution in [0.5, 0.6) is 0 Å². The first kappa shape index (κ1) is 14.0. The van der Waals surface area contributed by atoms with Crippen LogP contribution in [0.1, 0.15) is 29.9 Å². The number of rotatable bonds is 4. The van der Waals surface area contributed by atoms with Crippen LogP contribution in [0.2, 0.25) is 5.02 Å². The van der Waals surface area contributed by atoms with Crippen molar-refractivity contribution in [1.29, 1.82) is 0 Å².